The summed E-state index contributed by atoms with van der Waals surface area (Å²) in [6.07, 6.45) is 0. The van der Waals surface area contributed by atoms with E-state index < -0.39 is 5.97 Å². The van der Waals surface area contributed by atoms with Crippen molar-refractivity contribution in [1.82, 2.24) is 5.32 Å². The van der Waals surface area contributed by atoms with E-state index in [9.17, 15) is 4.79 Å². The third-order valence-corrected chi connectivity index (χ3v) is 3.09. The average molecular weight is 255 g/mol. The minimum absolute atomic E-state index is 0.0616. The minimum Gasteiger partial charge on any atom is -0.480 e. The van der Waals surface area contributed by atoms with Gasteiger partial charge in [-0.05, 0) is 23.6 Å². The van der Waals surface area contributed by atoms with Crippen molar-refractivity contribution in [3.05, 3.63) is 71.3 Å². The predicted molar refractivity (Wildman–Crippen MR) is 75.1 cm³/mol. The number of carbonyl (C=O) groups is 1. The highest BCUT2D eigenvalue weighted by Crippen LogP contribution is 2.24. The molecule has 0 aliphatic carbocycles. The van der Waals surface area contributed by atoms with Crippen LogP contribution in [0, 0.1) is 6.92 Å². The van der Waals surface area contributed by atoms with Crippen LogP contribution in [0.3, 0.4) is 0 Å². The molecule has 2 aromatic rings. The number of rotatable bonds is 5. The summed E-state index contributed by atoms with van der Waals surface area (Å²) >= 11 is 0. The first-order valence-corrected chi connectivity index (χ1v) is 6.24. The summed E-state index contributed by atoms with van der Waals surface area (Å²) in [5, 5.41) is 12.0. The fourth-order valence-electron chi connectivity index (χ4n) is 2.15. The van der Waals surface area contributed by atoms with Gasteiger partial charge < -0.3 is 5.11 Å². The molecule has 0 saturated carbocycles. The molecule has 0 fully saturated rings. The largest absolute Gasteiger partial charge is 0.480 e. The fourth-order valence-corrected chi connectivity index (χ4v) is 2.15. The number of aryl methyl sites for hydroxylation is 1. The normalized spacial score (nSPS) is 12.1. The molecule has 0 aliphatic rings. The zero-order valence-electron chi connectivity index (χ0n) is 10.8. The van der Waals surface area contributed by atoms with Crippen LogP contribution >= 0.6 is 0 Å². The number of carboxylic acid groups (broad SMARTS) is 1. The molecular formula is C16H17NO2. The Morgan fingerprint density at radius 2 is 1.74 bits per heavy atom. The third-order valence-electron chi connectivity index (χ3n) is 3.09. The van der Waals surface area contributed by atoms with Crippen molar-refractivity contribution in [2.45, 2.75) is 13.0 Å². The molecule has 0 amide bonds. The maximum atomic E-state index is 10.8. The molecule has 0 saturated heterocycles. The van der Waals surface area contributed by atoms with Gasteiger partial charge >= 0.3 is 5.97 Å². The molecular weight excluding hydrogens is 238 g/mol. The average Bonchev–Trinajstić information content (AvgIpc) is 2.42. The van der Waals surface area contributed by atoms with Crippen LogP contribution < -0.4 is 5.32 Å². The molecule has 0 bridgehead atoms. The molecule has 98 valence electrons. The summed E-state index contributed by atoms with van der Waals surface area (Å²) in [6, 6.07) is 17.8. The number of nitrogens with one attached hydrogen (secondary N) is 1. The molecule has 2 aromatic carbocycles. The zero-order chi connectivity index (χ0) is 13.7. The van der Waals surface area contributed by atoms with Crippen molar-refractivity contribution >= 4 is 5.97 Å². The summed E-state index contributed by atoms with van der Waals surface area (Å²) < 4.78 is 0. The molecule has 0 aliphatic heterocycles. The standard InChI is InChI=1S/C16H17NO2/c1-12-7-5-6-10-14(12)16(17-11-15(18)19)13-8-3-2-4-9-13/h2-10,16-17H,11H2,1H3,(H,18,19). The van der Waals surface area contributed by atoms with Gasteiger partial charge in [-0.3, -0.25) is 10.1 Å². The highest BCUT2D eigenvalue weighted by atomic mass is 16.4. The quantitative estimate of drug-likeness (QED) is 0.863. The van der Waals surface area contributed by atoms with Gasteiger partial charge in [0.25, 0.3) is 0 Å². The highest BCUT2D eigenvalue weighted by molar-refractivity contribution is 5.69. The van der Waals surface area contributed by atoms with Crippen LogP contribution in [0.1, 0.15) is 22.7 Å². The lowest BCUT2D eigenvalue weighted by molar-refractivity contribution is -0.136. The number of hydrogen-bond donors (Lipinski definition) is 2. The van der Waals surface area contributed by atoms with Gasteiger partial charge in [-0.25, -0.2) is 0 Å². The van der Waals surface area contributed by atoms with Gasteiger partial charge in [0.15, 0.2) is 0 Å². The van der Waals surface area contributed by atoms with Gasteiger partial charge in [0.05, 0.1) is 12.6 Å². The minimum atomic E-state index is -0.852. The molecule has 0 aromatic heterocycles. The number of benzene rings is 2. The summed E-state index contributed by atoms with van der Waals surface area (Å²) in [4.78, 5) is 10.8. The van der Waals surface area contributed by atoms with Crippen molar-refractivity contribution in [2.24, 2.45) is 0 Å². The van der Waals surface area contributed by atoms with E-state index in [0.717, 1.165) is 16.7 Å². The van der Waals surface area contributed by atoms with E-state index in [0.29, 0.717) is 0 Å². The summed E-state index contributed by atoms with van der Waals surface area (Å²) in [5.74, 6) is -0.852. The lowest BCUT2D eigenvalue weighted by atomic mass is 9.95. The Balaban J connectivity index is 2.35. The number of hydrogen-bond acceptors (Lipinski definition) is 2. The molecule has 3 nitrogen and oxygen atoms in total. The predicted octanol–water partition coefficient (Wildman–Crippen LogP) is 2.76. The maximum absolute atomic E-state index is 10.8. The van der Waals surface area contributed by atoms with Crippen LogP contribution in [0.25, 0.3) is 0 Å². The van der Waals surface area contributed by atoms with Gasteiger partial charge in [0.2, 0.25) is 0 Å². The molecule has 3 heteroatoms. The molecule has 0 heterocycles. The lowest BCUT2D eigenvalue weighted by Crippen LogP contribution is -2.28. The van der Waals surface area contributed by atoms with Gasteiger partial charge in [-0.15, -0.1) is 0 Å². The van der Waals surface area contributed by atoms with Gasteiger partial charge in [-0.1, -0.05) is 54.6 Å². The molecule has 0 radical (unpaired) electrons. The monoisotopic (exact) mass is 255 g/mol. The van der Waals surface area contributed by atoms with Crippen molar-refractivity contribution in [1.29, 1.82) is 0 Å². The van der Waals surface area contributed by atoms with Crippen LogP contribution in [0.5, 0.6) is 0 Å². The Kier molecular flexibility index (Phi) is 4.31. The van der Waals surface area contributed by atoms with Crippen LogP contribution in [-0.2, 0) is 4.79 Å². The van der Waals surface area contributed by atoms with Crippen LogP contribution in [0.15, 0.2) is 54.6 Å². The van der Waals surface area contributed by atoms with Crippen molar-refractivity contribution in [3.8, 4) is 0 Å². The first-order valence-electron chi connectivity index (χ1n) is 6.24. The van der Waals surface area contributed by atoms with Crippen LogP contribution in [-0.4, -0.2) is 17.6 Å². The first kappa shape index (κ1) is 13.3. The molecule has 1 unspecified atom stereocenters. The molecule has 2 N–H and O–H groups in total. The topological polar surface area (TPSA) is 49.3 Å². The second kappa shape index (κ2) is 6.16. The van der Waals surface area contributed by atoms with Crippen molar-refractivity contribution in [3.63, 3.8) is 0 Å². The Morgan fingerprint density at radius 1 is 1.11 bits per heavy atom. The van der Waals surface area contributed by atoms with E-state index in [2.05, 4.69) is 5.32 Å². The first-order chi connectivity index (χ1) is 9.18. The maximum Gasteiger partial charge on any atom is 0.317 e. The molecule has 0 spiro atoms. The van der Waals surface area contributed by atoms with Gasteiger partial charge in [0.1, 0.15) is 0 Å². The summed E-state index contributed by atoms with van der Waals surface area (Å²) in [7, 11) is 0. The second-order valence-electron chi connectivity index (χ2n) is 4.47. The van der Waals surface area contributed by atoms with E-state index in [1.807, 2.05) is 61.5 Å². The van der Waals surface area contributed by atoms with Gasteiger partial charge in [0, 0.05) is 0 Å². The van der Waals surface area contributed by atoms with E-state index >= 15 is 0 Å². The Hall–Kier alpha value is -2.13. The SMILES string of the molecule is Cc1ccccc1C(NCC(=O)O)c1ccccc1. The molecule has 2 rings (SSSR count). The second-order valence-corrected chi connectivity index (χ2v) is 4.47. The van der Waals surface area contributed by atoms with E-state index in [-0.39, 0.29) is 12.6 Å². The Morgan fingerprint density at radius 3 is 2.37 bits per heavy atom. The zero-order valence-corrected chi connectivity index (χ0v) is 10.8. The van der Waals surface area contributed by atoms with Gasteiger partial charge in [-0.2, -0.15) is 0 Å². The molecule has 1 atom stereocenters. The van der Waals surface area contributed by atoms with Crippen molar-refractivity contribution < 1.29 is 9.90 Å². The van der Waals surface area contributed by atoms with Crippen molar-refractivity contribution in [2.75, 3.05) is 6.54 Å². The van der Waals surface area contributed by atoms with Crippen LogP contribution in [0.2, 0.25) is 0 Å². The summed E-state index contributed by atoms with van der Waals surface area (Å²) in [6.45, 7) is 1.97. The Bertz CT molecular complexity index is 552. The summed E-state index contributed by atoms with van der Waals surface area (Å²) in [5.41, 5.74) is 3.32. The number of aliphatic carboxylic acids is 1. The highest BCUT2D eigenvalue weighted by Gasteiger charge is 2.16. The smallest absolute Gasteiger partial charge is 0.317 e. The van der Waals surface area contributed by atoms with E-state index in [1.165, 1.54) is 0 Å². The molecule has 19 heavy (non-hydrogen) atoms. The Labute approximate surface area is 112 Å². The van der Waals surface area contributed by atoms with E-state index in [1.54, 1.807) is 0 Å². The lowest BCUT2D eigenvalue weighted by Gasteiger charge is -2.20. The van der Waals surface area contributed by atoms with Crippen LogP contribution in [0.4, 0.5) is 0 Å². The number of carboxylic acids is 1. The fraction of sp³-hybridized carbons (Fsp3) is 0.188. The third kappa shape index (κ3) is 3.42. The van der Waals surface area contributed by atoms with E-state index in [4.69, 9.17) is 5.11 Å².